The summed E-state index contributed by atoms with van der Waals surface area (Å²) in [6, 6.07) is 12.5. The lowest BCUT2D eigenvalue weighted by molar-refractivity contribution is -0.134. The molecule has 0 saturated carbocycles. The van der Waals surface area contributed by atoms with E-state index in [0.717, 1.165) is 5.56 Å². The normalized spacial score (nSPS) is 16.0. The minimum atomic E-state index is -0.804. The van der Waals surface area contributed by atoms with Crippen LogP contribution in [-0.4, -0.2) is 52.9 Å². The van der Waals surface area contributed by atoms with Crippen molar-refractivity contribution >= 4 is 11.8 Å². The van der Waals surface area contributed by atoms with Crippen LogP contribution in [0, 0.1) is 0 Å². The van der Waals surface area contributed by atoms with Gasteiger partial charge in [-0.1, -0.05) is 30.3 Å². The van der Waals surface area contributed by atoms with Crippen LogP contribution in [0.3, 0.4) is 0 Å². The molecule has 0 bridgehead atoms. The van der Waals surface area contributed by atoms with Crippen LogP contribution in [0.1, 0.15) is 28.6 Å². The number of nitrogens with zero attached hydrogens (tertiary/aromatic N) is 2. The van der Waals surface area contributed by atoms with Crippen LogP contribution in [0.15, 0.2) is 53.1 Å². The van der Waals surface area contributed by atoms with Crippen molar-refractivity contribution in [1.82, 2.24) is 9.80 Å². The third kappa shape index (κ3) is 3.65. The van der Waals surface area contributed by atoms with E-state index >= 15 is 0 Å². The standard InChI is InChI=1S/C18H20N2O4/c21-15(14-5-2-1-3-6-14)13-17(22)19-8-10-20(11-9-19)18(23)16-7-4-12-24-16/h1-7,12,15,21H,8-11,13H2. The minimum absolute atomic E-state index is 0.0517. The molecular formula is C18H20N2O4. The highest BCUT2D eigenvalue weighted by Crippen LogP contribution is 2.18. The van der Waals surface area contributed by atoms with E-state index in [0.29, 0.717) is 31.9 Å². The summed E-state index contributed by atoms with van der Waals surface area (Å²) in [4.78, 5) is 27.9. The summed E-state index contributed by atoms with van der Waals surface area (Å²) in [5, 5.41) is 10.2. The Morgan fingerprint density at radius 1 is 1.00 bits per heavy atom. The summed E-state index contributed by atoms with van der Waals surface area (Å²) in [5.74, 6) is 0.0575. The van der Waals surface area contributed by atoms with Gasteiger partial charge in [0.25, 0.3) is 5.91 Å². The van der Waals surface area contributed by atoms with Crippen LogP contribution in [-0.2, 0) is 4.79 Å². The molecule has 3 rings (SSSR count). The van der Waals surface area contributed by atoms with Gasteiger partial charge in [-0.15, -0.1) is 0 Å². The van der Waals surface area contributed by atoms with E-state index in [2.05, 4.69) is 0 Å². The number of hydrogen-bond acceptors (Lipinski definition) is 4. The van der Waals surface area contributed by atoms with Crippen LogP contribution >= 0.6 is 0 Å². The summed E-state index contributed by atoms with van der Waals surface area (Å²) in [6.45, 7) is 1.86. The Balaban J connectivity index is 1.51. The van der Waals surface area contributed by atoms with E-state index in [1.54, 1.807) is 34.1 Å². The molecule has 1 aromatic carbocycles. The van der Waals surface area contributed by atoms with Crippen molar-refractivity contribution in [3.63, 3.8) is 0 Å². The molecule has 0 spiro atoms. The van der Waals surface area contributed by atoms with Crippen LogP contribution in [0.5, 0.6) is 0 Å². The van der Waals surface area contributed by atoms with Gasteiger partial charge in [-0.05, 0) is 17.7 Å². The average molecular weight is 328 g/mol. The first kappa shape index (κ1) is 16.3. The van der Waals surface area contributed by atoms with Crippen molar-refractivity contribution < 1.29 is 19.1 Å². The highest BCUT2D eigenvalue weighted by Gasteiger charge is 2.27. The number of carbonyl (C=O) groups excluding carboxylic acids is 2. The van der Waals surface area contributed by atoms with Crippen molar-refractivity contribution in [1.29, 1.82) is 0 Å². The molecule has 6 heteroatoms. The van der Waals surface area contributed by atoms with Crippen LogP contribution < -0.4 is 0 Å². The van der Waals surface area contributed by atoms with Gasteiger partial charge in [0.1, 0.15) is 0 Å². The molecule has 2 aromatic rings. The van der Waals surface area contributed by atoms with E-state index < -0.39 is 6.10 Å². The monoisotopic (exact) mass is 328 g/mol. The van der Waals surface area contributed by atoms with Crippen molar-refractivity contribution in [3.05, 3.63) is 60.1 Å². The molecule has 1 N–H and O–H groups in total. The van der Waals surface area contributed by atoms with Gasteiger partial charge in [-0.2, -0.15) is 0 Å². The first-order chi connectivity index (χ1) is 11.6. The summed E-state index contributed by atoms with van der Waals surface area (Å²) in [5.41, 5.74) is 0.734. The molecule has 0 aliphatic carbocycles. The molecule has 24 heavy (non-hydrogen) atoms. The molecule has 1 aromatic heterocycles. The molecule has 1 fully saturated rings. The lowest BCUT2D eigenvalue weighted by Gasteiger charge is -2.34. The summed E-state index contributed by atoms with van der Waals surface area (Å²) in [7, 11) is 0. The first-order valence-electron chi connectivity index (χ1n) is 7.98. The minimum Gasteiger partial charge on any atom is -0.459 e. The fourth-order valence-corrected chi connectivity index (χ4v) is 2.80. The van der Waals surface area contributed by atoms with Gasteiger partial charge in [-0.3, -0.25) is 9.59 Å². The Labute approximate surface area is 140 Å². The fraction of sp³-hybridized carbons (Fsp3) is 0.333. The molecule has 2 amide bonds. The number of aliphatic hydroxyl groups is 1. The van der Waals surface area contributed by atoms with Gasteiger partial charge >= 0.3 is 0 Å². The predicted molar refractivity (Wildman–Crippen MR) is 87.2 cm³/mol. The van der Waals surface area contributed by atoms with Crippen molar-refractivity contribution in [2.24, 2.45) is 0 Å². The maximum Gasteiger partial charge on any atom is 0.289 e. The van der Waals surface area contributed by atoms with Gasteiger partial charge in [-0.25, -0.2) is 0 Å². The lowest BCUT2D eigenvalue weighted by atomic mass is 10.1. The van der Waals surface area contributed by atoms with Gasteiger partial charge in [0.05, 0.1) is 18.8 Å². The first-order valence-corrected chi connectivity index (χ1v) is 7.98. The quantitative estimate of drug-likeness (QED) is 0.927. The highest BCUT2D eigenvalue weighted by atomic mass is 16.3. The van der Waals surface area contributed by atoms with Gasteiger partial charge in [0.2, 0.25) is 5.91 Å². The molecule has 1 saturated heterocycles. The molecule has 1 atom stereocenters. The van der Waals surface area contributed by atoms with E-state index in [1.807, 2.05) is 18.2 Å². The molecule has 0 radical (unpaired) electrons. The molecule has 1 unspecified atom stereocenters. The largest absolute Gasteiger partial charge is 0.459 e. The maximum absolute atomic E-state index is 12.3. The molecular weight excluding hydrogens is 308 g/mol. The van der Waals surface area contributed by atoms with E-state index in [1.165, 1.54) is 6.26 Å². The van der Waals surface area contributed by atoms with Gasteiger partial charge in [0, 0.05) is 26.2 Å². The summed E-state index contributed by atoms with van der Waals surface area (Å²) >= 11 is 0. The number of carbonyl (C=O) groups is 2. The van der Waals surface area contributed by atoms with E-state index in [9.17, 15) is 14.7 Å². The Bertz CT molecular complexity index is 676. The molecule has 126 valence electrons. The Morgan fingerprint density at radius 3 is 2.29 bits per heavy atom. The second-order valence-electron chi connectivity index (χ2n) is 5.78. The summed E-state index contributed by atoms with van der Waals surface area (Å²) in [6.07, 6.45) is 0.718. The number of furan rings is 1. The summed E-state index contributed by atoms with van der Waals surface area (Å²) < 4.78 is 5.12. The molecule has 6 nitrogen and oxygen atoms in total. The average Bonchev–Trinajstić information content (AvgIpc) is 3.16. The molecule has 2 heterocycles. The van der Waals surface area contributed by atoms with Crippen molar-refractivity contribution in [2.75, 3.05) is 26.2 Å². The third-order valence-electron chi connectivity index (χ3n) is 4.20. The third-order valence-corrected chi connectivity index (χ3v) is 4.20. The van der Waals surface area contributed by atoms with E-state index in [-0.39, 0.29) is 18.2 Å². The second kappa shape index (κ2) is 7.31. The second-order valence-corrected chi connectivity index (χ2v) is 5.78. The number of rotatable bonds is 4. The number of benzene rings is 1. The predicted octanol–water partition coefficient (Wildman–Crippen LogP) is 1.69. The zero-order valence-electron chi connectivity index (χ0n) is 13.3. The number of hydrogen-bond donors (Lipinski definition) is 1. The van der Waals surface area contributed by atoms with Crippen LogP contribution in [0.2, 0.25) is 0 Å². The molecule has 1 aliphatic heterocycles. The topological polar surface area (TPSA) is 74.0 Å². The number of aliphatic hydroxyl groups excluding tert-OH is 1. The van der Waals surface area contributed by atoms with Crippen molar-refractivity contribution in [3.8, 4) is 0 Å². The Morgan fingerprint density at radius 2 is 1.67 bits per heavy atom. The Hall–Kier alpha value is -2.60. The van der Waals surface area contributed by atoms with Crippen molar-refractivity contribution in [2.45, 2.75) is 12.5 Å². The number of amides is 2. The highest BCUT2D eigenvalue weighted by molar-refractivity contribution is 5.91. The van der Waals surface area contributed by atoms with Crippen LogP contribution in [0.25, 0.3) is 0 Å². The van der Waals surface area contributed by atoms with Crippen LogP contribution in [0.4, 0.5) is 0 Å². The van der Waals surface area contributed by atoms with Gasteiger partial charge in [0.15, 0.2) is 5.76 Å². The maximum atomic E-state index is 12.3. The van der Waals surface area contributed by atoms with E-state index in [4.69, 9.17) is 4.42 Å². The smallest absolute Gasteiger partial charge is 0.289 e. The zero-order valence-corrected chi connectivity index (χ0v) is 13.3. The zero-order chi connectivity index (χ0) is 16.9. The fourth-order valence-electron chi connectivity index (χ4n) is 2.80. The lowest BCUT2D eigenvalue weighted by Crippen LogP contribution is -2.50. The number of piperazine rings is 1. The SMILES string of the molecule is O=C(CC(O)c1ccccc1)N1CCN(C(=O)c2ccco2)CC1. The van der Waals surface area contributed by atoms with Gasteiger partial charge < -0.3 is 19.3 Å². The Kier molecular flexibility index (Phi) is 4.96. The molecule has 1 aliphatic rings.